The van der Waals surface area contributed by atoms with E-state index in [4.69, 9.17) is 4.99 Å². The molecule has 0 spiro atoms. The molecule has 0 aromatic rings. The minimum Gasteiger partial charge on any atom is -0.279 e. The maximum Gasteiger partial charge on any atom is 0.0707 e. The molecule has 2 heterocycles. The summed E-state index contributed by atoms with van der Waals surface area (Å²) in [6.07, 6.45) is 9.42. The van der Waals surface area contributed by atoms with E-state index in [1.54, 1.807) is 0 Å². The summed E-state index contributed by atoms with van der Waals surface area (Å²) >= 11 is 1.91. The molecule has 2 aliphatic heterocycles. The largest absolute Gasteiger partial charge is 0.279 e. The fourth-order valence-corrected chi connectivity index (χ4v) is 4.41. The second-order valence-corrected chi connectivity index (χ2v) is 5.76. The maximum absolute atomic E-state index is 4.92. The Morgan fingerprint density at radius 2 is 1.77 bits per heavy atom. The molecule has 2 saturated carbocycles. The lowest BCUT2D eigenvalue weighted by atomic mass is 9.68. The number of hydrogen-bond donors (Lipinski definition) is 0. The molecule has 13 heavy (non-hydrogen) atoms. The maximum atomic E-state index is 4.92. The molecule has 0 N–H and O–H groups in total. The van der Waals surface area contributed by atoms with Crippen molar-refractivity contribution in [3.05, 3.63) is 0 Å². The lowest BCUT2D eigenvalue weighted by Gasteiger charge is -2.37. The van der Waals surface area contributed by atoms with Crippen LogP contribution in [-0.2, 0) is 0 Å². The van der Waals surface area contributed by atoms with Crippen LogP contribution in [0.3, 0.4) is 0 Å². The van der Waals surface area contributed by atoms with E-state index in [1.165, 1.54) is 37.1 Å². The van der Waals surface area contributed by atoms with E-state index in [-0.39, 0.29) is 0 Å². The first-order chi connectivity index (χ1) is 6.35. The summed E-state index contributed by atoms with van der Waals surface area (Å²) in [6, 6.07) is 0.707. The summed E-state index contributed by atoms with van der Waals surface area (Å²) in [5.74, 6) is 2.90. The predicted molar refractivity (Wildman–Crippen MR) is 58.3 cm³/mol. The van der Waals surface area contributed by atoms with Crippen LogP contribution in [0.4, 0.5) is 0 Å². The zero-order valence-electron chi connectivity index (χ0n) is 8.20. The van der Waals surface area contributed by atoms with Crippen LogP contribution in [0.2, 0.25) is 0 Å². The molecule has 2 aliphatic carbocycles. The molecular formula is C11H17NS. The van der Waals surface area contributed by atoms with Crippen LogP contribution in [0, 0.1) is 17.8 Å². The first kappa shape index (κ1) is 8.34. The fourth-order valence-electron chi connectivity index (χ4n) is 3.63. The Kier molecular flexibility index (Phi) is 1.93. The minimum absolute atomic E-state index is 0.707. The number of aliphatic imine (C=N–C) groups is 1. The zero-order valence-corrected chi connectivity index (χ0v) is 9.02. The molecule has 0 saturated heterocycles. The number of nitrogens with zero attached hydrogens (tertiary/aromatic N) is 1. The van der Waals surface area contributed by atoms with Gasteiger partial charge in [-0.15, -0.1) is 11.8 Å². The Hall–Kier alpha value is 0.0200. The number of rotatable bonds is 0. The van der Waals surface area contributed by atoms with Crippen molar-refractivity contribution in [3.63, 3.8) is 0 Å². The van der Waals surface area contributed by atoms with Gasteiger partial charge in [0, 0.05) is 5.92 Å². The van der Waals surface area contributed by atoms with E-state index in [2.05, 4.69) is 6.26 Å². The molecule has 1 nitrogen and oxygen atoms in total. The Morgan fingerprint density at radius 1 is 1.08 bits per heavy atom. The van der Waals surface area contributed by atoms with Gasteiger partial charge in [-0.25, -0.2) is 0 Å². The molecule has 2 fully saturated rings. The van der Waals surface area contributed by atoms with E-state index >= 15 is 0 Å². The van der Waals surface area contributed by atoms with Crippen LogP contribution in [0.5, 0.6) is 0 Å². The van der Waals surface area contributed by atoms with Gasteiger partial charge < -0.3 is 0 Å². The third-order valence-electron chi connectivity index (χ3n) is 3.98. The molecule has 4 rings (SSSR count). The smallest absolute Gasteiger partial charge is 0.0707 e. The van der Waals surface area contributed by atoms with Crippen LogP contribution >= 0.6 is 11.8 Å². The Bertz CT molecular complexity index is 234. The van der Waals surface area contributed by atoms with Gasteiger partial charge in [0.1, 0.15) is 0 Å². The van der Waals surface area contributed by atoms with Crippen molar-refractivity contribution < 1.29 is 0 Å². The van der Waals surface area contributed by atoms with Gasteiger partial charge in [0.15, 0.2) is 0 Å². The average Bonchev–Trinajstić information content (AvgIpc) is 2.29. The molecule has 0 aromatic carbocycles. The molecule has 72 valence electrons. The summed E-state index contributed by atoms with van der Waals surface area (Å²) in [4.78, 5) is 4.92. The van der Waals surface area contributed by atoms with Gasteiger partial charge in [-0.05, 0) is 50.2 Å². The van der Waals surface area contributed by atoms with Crippen LogP contribution < -0.4 is 0 Å². The number of hydrogen-bond acceptors (Lipinski definition) is 2. The van der Waals surface area contributed by atoms with E-state index in [9.17, 15) is 0 Å². The van der Waals surface area contributed by atoms with Crippen LogP contribution in [0.25, 0.3) is 0 Å². The van der Waals surface area contributed by atoms with Gasteiger partial charge in [-0.3, -0.25) is 4.99 Å². The lowest BCUT2D eigenvalue weighted by molar-refractivity contribution is 0.162. The molecule has 0 aromatic heterocycles. The molecular weight excluding hydrogens is 178 g/mol. The van der Waals surface area contributed by atoms with Crippen LogP contribution in [0.1, 0.15) is 32.1 Å². The van der Waals surface area contributed by atoms with Crippen molar-refractivity contribution in [2.45, 2.75) is 38.1 Å². The highest BCUT2D eigenvalue weighted by atomic mass is 32.2. The lowest BCUT2D eigenvalue weighted by Crippen LogP contribution is -2.30. The fraction of sp³-hybridized carbons (Fsp3) is 0.909. The number of thioether (sulfide) groups is 1. The van der Waals surface area contributed by atoms with Gasteiger partial charge in [0.05, 0.1) is 11.1 Å². The van der Waals surface area contributed by atoms with E-state index in [0.717, 1.165) is 17.8 Å². The monoisotopic (exact) mass is 195 g/mol. The van der Waals surface area contributed by atoms with Gasteiger partial charge in [0.2, 0.25) is 0 Å². The normalized spacial score (nSPS) is 47.6. The highest BCUT2D eigenvalue weighted by Crippen LogP contribution is 2.47. The Labute approximate surface area is 84.4 Å². The van der Waals surface area contributed by atoms with Crippen molar-refractivity contribution in [3.8, 4) is 0 Å². The van der Waals surface area contributed by atoms with E-state index in [1.807, 2.05) is 11.8 Å². The SMILES string of the molecule is CSC1=NC2CC3CC(C2)CC1C3. The highest BCUT2D eigenvalue weighted by molar-refractivity contribution is 8.13. The van der Waals surface area contributed by atoms with Crippen molar-refractivity contribution >= 4 is 16.8 Å². The minimum atomic E-state index is 0.707. The average molecular weight is 195 g/mol. The van der Waals surface area contributed by atoms with E-state index in [0.29, 0.717) is 6.04 Å². The van der Waals surface area contributed by atoms with Gasteiger partial charge in [0.25, 0.3) is 0 Å². The zero-order chi connectivity index (χ0) is 8.84. The van der Waals surface area contributed by atoms with Crippen molar-refractivity contribution in [1.29, 1.82) is 0 Å². The second kappa shape index (κ2) is 3.01. The standard InChI is InChI=1S/C11H17NS/c1-13-11-9-3-7-2-8(4-9)6-10(5-7)12-11/h7-10H,2-6H2,1H3. The molecule has 2 atom stereocenters. The van der Waals surface area contributed by atoms with Crippen LogP contribution in [-0.4, -0.2) is 17.3 Å². The van der Waals surface area contributed by atoms with Gasteiger partial charge in [-0.2, -0.15) is 0 Å². The predicted octanol–water partition coefficient (Wildman–Crippen LogP) is 2.96. The molecule has 2 unspecified atom stereocenters. The molecule has 4 aliphatic rings. The molecule has 2 heteroatoms. The van der Waals surface area contributed by atoms with Gasteiger partial charge in [-0.1, -0.05) is 0 Å². The van der Waals surface area contributed by atoms with E-state index < -0.39 is 0 Å². The summed E-state index contributed by atoms with van der Waals surface area (Å²) in [5.41, 5.74) is 0. The Balaban J connectivity index is 1.94. The van der Waals surface area contributed by atoms with Gasteiger partial charge >= 0.3 is 0 Å². The summed E-state index contributed by atoms with van der Waals surface area (Å²) in [6.45, 7) is 0. The third kappa shape index (κ3) is 1.34. The first-order valence-corrected chi connectivity index (χ1v) is 6.69. The molecule has 4 bridgehead atoms. The third-order valence-corrected chi connectivity index (χ3v) is 4.84. The molecule has 0 amide bonds. The summed E-state index contributed by atoms with van der Waals surface area (Å²) in [5, 5.41) is 1.48. The topological polar surface area (TPSA) is 12.4 Å². The second-order valence-electron chi connectivity index (χ2n) is 4.93. The first-order valence-electron chi connectivity index (χ1n) is 5.47. The van der Waals surface area contributed by atoms with Crippen molar-refractivity contribution in [1.82, 2.24) is 0 Å². The highest BCUT2D eigenvalue weighted by Gasteiger charge is 2.40. The quantitative estimate of drug-likeness (QED) is 0.579. The molecule has 0 radical (unpaired) electrons. The van der Waals surface area contributed by atoms with Crippen LogP contribution in [0.15, 0.2) is 4.99 Å². The Morgan fingerprint density at radius 3 is 2.38 bits per heavy atom. The van der Waals surface area contributed by atoms with Crippen molar-refractivity contribution in [2.75, 3.05) is 6.26 Å². The summed E-state index contributed by atoms with van der Waals surface area (Å²) in [7, 11) is 0. The summed E-state index contributed by atoms with van der Waals surface area (Å²) < 4.78 is 0. The van der Waals surface area contributed by atoms with Crippen molar-refractivity contribution in [2.24, 2.45) is 22.7 Å².